The van der Waals surface area contributed by atoms with Crippen molar-refractivity contribution in [1.82, 2.24) is 4.90 Å². The molecule has 0 aliphatic rings. The smallest absolute Gasteiger partial charge is 0.303 e. The van der Waals surface area contributed by atoms with Crippen molar-refractivity contribution in [2.24, 2.45) is 0 Å². The molecule has 1 rings (SSSR count). The van der Waals surface area contributed by atoms with Crippen LogP contribution in [0.5, 0.6) is 5.75 Å². The molecule has 0 radical (unpaired) electrons. The number of aliphatic carboxylic acids is 1. The zero-order valence-electron chi connectivity index (χ0n) is 11.3. The number of phenols is 1. The Morgan fingerprint density at radius 1 is 1.42 bits per heavy atom. The summed E-state index contributed by atoms with van der Waals surface area (Å²) in [6, 6.07) is 5.46. The first-order valence-corrected chi connectivity index (χ1v) is 6.71. The highest BCUT2D eigenvalue weighted by atomic mass is 35.5. The number of aromatic hydroxyl groups is 1. The molecular formula is C14H20ClNO3. The van der Waals surface area contributed by atoms with E-state index in [1.165, 1.54) is 0 Å². The van der Waals surface area contributed by atoms with Gasteiger partial charge in [-0.2, -0.15) is 0 Å². The Morgan fingerprint density at radius 2 is 2.11 bits per heavy atom. The lowest BCUT2D eigenvalue weighted by Crippen LogP contribution is -2.31. The van der Waals surface area contributed by atoms with Gasteiger partial charge in [0.15, 0.2) is 0 Å². The first kappa shape index (κ1) is 15.8. The van der Waals surface area contributed by atoms with E-state index in [1.807, 2.05) is 6.07 Å². The third kappa shape index (κ3) is 5.49. The van der Waals surface area contributed by atoms with E-state index in [4.69, 9.17) is 16.7 Å². The van der Waals surface area contributed by atoms with Crippen LogP contribution in [0.3, 0.4) is 0 Å². The average molecular weight is 286 g/mol. The normalized spacial score (nSPS) is 11.2. The fourth-order valence-electron chi connectivity index (χ4n) is 1.84. The largest absolute Gasteiger partial charge is 0.506 e. The van der Waals surface area contributed by atoms with E-state index in [0.29, 0.717) is 24.0 Å². The summed E-state index contributed by atoms with van der Waals surface area (Å²) in [5.74, 6) is -0.691. The van der Waals surface area contributed by atoms with Crippen LogP contribution in [0.25, 0.3) is 0 Å². The summed E-state index contributed by atoms with van der Waals surface area (Å²) >= 11 is 5.88. The van der Waals surface area contributed by atoms with Crippen molar-refractivity contribution in [3.63, 3.8) is 0 Å². The predicted octanol–water partition coefficient (Wildman–Crippen LogP) is 3.12. The third-order valence-corrected chi connectivity index (χ3v) is 3.27. The van der Waals surface area contributed by atoms with E-state index < -0.39 is 5.97 Å². The molecule has 0 atom stereocenters. The topological polar surface area (TPSA) is 60.8 Å². The monoisotopic (exact) mass is 285 g/mol. The van der Waals surface area contributed by atoms with Gasteiger partial charge >= 0.3 is 5.97 Å². The highest BCUT2D eigenvalue weighted by molar-refractivity contribution is 6.32. The maximum atomic E-state index is 10.5. The molecule has 0 fully saturated rings. The molecule has 0 saturated carbocycles. The van der Waals surface area contributed by atoms with E-state index in [1.54, 1.807) is 12.1 Å². The molecule has 0 bridgehead atoms. The Bertz CT molecular complexity index is 435. The molecule has 0 amide bonds. The Kier molecular flexibility index (Phi) is 6.12. The molecule has 1 aromatic rings. The van der Waals surface area contributed by atoms with Crippen LogP contribution in [-0.2, 0) is 11.3 Å². The van der Waals surface area contributed by atoms with Crippen LogP contribution in [0.2, 0.25) is 5.02 Å². The fraction of sp³-hybridized carbons (Fsp3) is 0.500. The van der Waals surface area contributed by atoms with Crippen molar-refractivity contribution >= 4 is 17.6 Å². The van der Waals surface area contributed by atoms with Crippen LogP contribution in [0, 0.1) is 0 Å². The molecule has 4 nitrogen and oxygen atoms in total. The van der Waals surface area contributed by atoms with Gasteiger partial charge in [-0.05, 0) is 44.5 Å². The van der Waals surface area contributed by atoms with Crippen molar-refractivity contribution in [3.05, 3.63) is 28.8 Å². The fourth-order valence-corrected chi connectivity index (χ4v) is 2.04. The number of hydrogen-bond donors (Lipinski definition) is 2. The van der Waals surface area contributed by atoms with Gasteiger partial charge in [0.1, 0.15) is 5.75 Å². The lowest BCUT2D eigenvalue weighted by molar-refractivity contribution is -0.137. The summed E-state index contributed by atoms with van der Waals surface area (Å²) in [7, 11) is 0. The van der Waals surface area contributed by atoms with Crippen LogP contribution >= 0.6 is 11.6 Å². The summed E-state index contributed by atoms with van der Waals surface area (Å²) in [6.07, 6.45) is 0.804. The maximum Gasteiger partial charge on any atom is 0.303 e. The quantitative estimate of drug-likeness (QED) is 0.808. The van der Waals surface area contributed by atoms with Crippen LogP contribution in [-0.4, -0.2) is 33.7 Å². The zero-order valence-corrected chi connectivity index (χ0v) is 12.0. The van der Waals surface area contributed by atoms with Crippen molar-refractivity contribution < 1.29 is 15.0 Å². The van der Waals surface area contributed by atoms with Crippen molar-refractivity contribution in [2.45, 2.75) is 39.3 Å². The van der Waals surface area contributed by atoms with Gasteiger partial charge in [0, 0.05) is 19.0 Å². The van der Waals surface area contributed by atoms with E-state index in [9.17, 15) is 9.90 Å². The summed E-state index contributed by atoms with van der Waals surface area (Å²) in [5, 5.41) is 18.4. The molecule has 0 unspecified atom stereocenters. The molecule has 0 aliphatic carbocycles. The number of phenolic OH excluding ortho intramolecular Hbond substituents is 1. The van der Waals surface area contributed by atoms with Gasteiger partial charge in [-0.3, -0.25) is 9.69 Å². The van der Waals surface area contributed by atoms with Crippen molar-refractivity contribution in [3.8, 4) is 5.75 Å². The minimum atomic E-state index is -0.767. The summed E-state index contributed by atoms with van der Waals surface area (Å²) < 4.78 is 0. The second-order valence-corrected chi connectivity index (χ2v) is 5.25. The summed E-state index contributed by atoms with van der Waals surface area (Å²) in [5.41, 5.74) is 1.01. The third-order valence-electron chi connectivity index (χ3n) is 2.96. The van der Waals surface area contributed by atoms with Gasteiger partial charge in [-0.15, -0.1) is 0 Å². The van der Waals surface area contributed by atoms with Gasteiger partial charge in [0.2, 0.25) is 0 Å². The van der Waals surface area contributed by atoms with Crippen LogP contribution in [0.1, 0.15) is 32.3 Å². The number of carboxylic acid groups (broad SMARTS) is 1. The second kappa shape index (κ2) is 7.36. The maximum absolute atomic E-state index is 10.5. The van der Waals surface area contributed by atoms with E-state index >= 15 is 0 Å². The molecule has 0 spiro atoms. The number of hydrogen-bond acceptors (Lipinski definition) is 3. The first-order valence-electron chi connectivity index (χ1n) is 6.33. The van der Waals surface area contributed by atoms with Gasteiger partial charge < -0.3 is 10.2 Å². The second-order valence-electron chi connectivity index (χ2n) is 4.85. The molecule has 2 N–H and O–H groups in total. The van der Waals surface area contributed by atoms with Crippen LogP contribution in [0.15, 0.2) is 18.2 Å². The van der Waals surface area contributed by atoms with Gasteiger partial charge in [0.25, 0.3) is 0 Å². The molecule has 0 aromatic heterocycles. The van der Waals surface area contributed by atoms with Gasteiger partial charge in [-0.1, -0.05) is 17.7 Å². The molecule has 1 aromatic carbocycles. The van der Waals surface area contributed by atoms with Crippen molar-refractivity contribution in [1.29, 1.82) is 0 Å². The number of halogens is 1. The molecule has 0 saturated heterocycles. The highest BCUT2D eigenvalue weighted by Gasteiger charge is 2.11. The number of rotatable bonds is 7. The molecule has 106 valence electrons. The molecular weight excluding hydrogens is 266 g/mol. The predicted molar refractivity (Wildman–Crippen MR) is 75.5 cm³/mol. The minimum absolute atomic E-state index is 0.0763. The first-order chi connectivity index (χ1) is 8.90. The van der Waals surface area contributed by atoms with E-state index in [-0.39, 0.29) is 12.2 Å². The molecule has 0 heterocycles. The lowest BCUT2D eigenvalue weighted by atomic mass is 10.1. The number of nitrogens with zero attached hydrogens (tertiary/aromatic N) is 1. The number of carbonyl (C=O) groups is 1. The summed E-state index contributed by atoms with van der Waals surface area (Å²) in [6.45, 7) is 5.56. The Morgan fingerprint density at radius 3 is 2.63 bits per heavy atom. The highest BCUT2D eigenvalue weighted by Crippen LogP contribution is 2.24. The van der Waals surface area contributed by atoms with Gasteiger partial charge in [-0.25, -0.2) is 0 Å². The van der Waals surface area contributed by atoms with Crippen molar-refractivity contribution in [2.75, 3.05) is 6.54 Å². The van der Waals surface area contributed by atoms with E-state index in [2.05, 4.69) is 18.7 Å². The molecule has 5 heteroatoms. The Labute approximate surface area is 118 Å². The van der Waals surface area contributed by atoms with Crippen LogP contribution < -0.4 is 0 Å². The summed E-state index contributed by atoms with van der Waals surface area (Å²) in [4.78, 5) is 12.7. The van der Waals surface area contributed by atoms with Gasteiger partial charge in [0.05, 0.1) is 5.02 Å². The Hall–Kier alpha value is -1.26. The number of carboxylic acids is 1. The molecule has 0 aliphatic heterocycles. The standard InChI is InChI=1S/C14H20ClNO3/c1-10(2)16(7-3-4-14(18)19)9-11-5-6-13(17)12(15)8-11/h5-6,8,10,17H,3-4,7,9H2,1-2H3,(H,18,19). The minimum Gasteiger partial charge on any atom is -0.506 e. The van der Waals surface area contributed by atoms with E-state index in [0.717, 1.165) is 12.1 Å². The van der Waals surface area contributed by atoms with Crippen LogP contribution in [0.4, 0.5) is 0 Å². The number of benzene rings is 1. The Balaban J connectivity index is 2.62. The SMILES string of the molecule is CC(C)N(CCCC(=O)O)Cc1ccc(O)c(Cl)c1. The zero-order chi connectivity index (χ0) is 14.4. The average Bonchev–Trinajstić information content (AvgIpc) is 2.32. The molecule has 19 heavy (non-hydrogen) atoms. The lowest BCUT2D eigenvalue weighted by Gasteiger charge is -2.26.